The molecule has 0 fully saturated rings. The molecule has 0 aliphatic rings. The van der Waals surface area contributed by atoms with Crippen molar-refractivity contribution in [2.24, 2.45) is 0 Å². The maximum absolute atomic E-state index is 12.1. The Balaban J connectivity index is 1.78. The molecular weight excluding hydrogens is 298 g/mol. The number of hydrogen-bond acceptors (Lipinski definition) is 1. The second-order valence-electron chi connectivity index (χ2n) is 5.76. The van der Waals surface area contributed by atoms with Crippen LogP contribution in [-0.2, 0) is 6.42 Å². The highest BCUT2D eigenvalue weighted by Gasteiger charge is 2.00. The van der Waals surface area contributed by atoms with Crippen LogP contribution in [0.15, 0.2) is 65.5 Å². The van der Waals surface area contributed by atoms with Crippen LogP contribution in [0.3, 0.4) is 0 Å². The van der Waals surface area contributed by atoms with Crippen LogP contribution < -0.4 is 16.1 Å². The van der Waals surface area contributed by atoms with E-state index in [1.54, 1.807) is 0 Å². The maximum Gasteiger partial charge on any atom is 0.271 e. The predicted octanol–water partition coefficient (Wildman–Crippen LogP) is 2.04. The van der Waals surface area contributed by atoms with Gasteiger partial charge in [-0.25, -0.2) is 0 Å². The molecule has 2 heterocycles. The number of aromatic nitrogens is 3. The molecule has 2 aromatic carbocycles. The van der Waals surface area contributed by atoms with E-state index in [9.17, 15) is 4.79 Å². The van der Waals surface area contributed by atoms with Gasteiger partial charge in [0.2, 0.25) is 0 Å². The van der Waals surface area contributed by atoms with E-state index in [1.807, 2.05) is 60.7 Å². The molecule has 0 aliphatic carbocycles. The number of benzene rings is 2. The smallest absolute Gasteiger partial charge is 0.271 e. The van der Waals surface area contributed by atoms with Crippen LogP contribution in [0.25, 0.3) is 23.1 Å². The third kappa shape index (κ3) is 2.82. The summed E-state index contributed by atoms with van der Waals surface area (Å²) in [5.74, 6) is 0. The molecule has 0 saturated carbocycles. The van der Waals surface area contributed by atoms with Crippen molar-refractivity contribution in [1.29, 1.82) is 0 Å². The predicted molar refractivity (Wildman–Crippen MR) is 97.1 cm³/mol. The molecule has 0 unspecified atom stereocenters. The fraction of sp³-hybridized carbons (Fsp3) is 0.0500. The summed E-state index contributed by atoms with van der Waals surface area (Å²) in [5.41, 5.74) is 3.06. The van der Waals surface area contributed by atoms with Gasteiger partial charge in [-0.05, 0) is 35.6 Å². The topological polar surface area (TPSA) is 64.4 Å². The van der Waals surface area contributed by atoms with Crippen molar-refractivity contribution in [3.63, 3.8) is 0 Å². The van der Waals surface area contributed by atoms with Crippen molar-refractivity contribution in [2.75, 3.05) is 0 Å². The van der Waals surface area contributed by atoms with Crippen molar-refractivity contribution < 1.29 is 0 Å². The van der Waals surface area contributed by atoms with Gasteiger partial charge < -0.3 is 4.98 Å². The Bertz CT molecular complexity index is 1110. The lowest BCUT2D eigenvalue weighted by molar-refractivity contribution is 1.03. The lowest BCUT2D eigenvalue weighted by Crippen LogP contribution is -2.33. The number of fused-ring (bicyclic) bond motifs is 1. The highest BCUT2D eigenvalue weighted by molar-refractivity contribution is 5.82. The van der Waals surface area contributed by atoms with Gasteiger partial charge in [0.05, 0.1) is 10.6 Å². The fourth-order valence-electron chi connectivity index (χ4n) is 2.85. The molecule has 4 rings (SSSR count). The number of H-pyrrole nitrogens is 3. The Kier molecular flexibility index (Phi) is 3.63. The zero-order valence-electron chi connectivity index (χ0n) is 13.0. The normalized spacial score (nSPS) is 13.0. The third-order valence-electron chi connectivity index (χ3n) is 4.08. The van der Waals surface area contributed by atoms with E-state index in [2.05, 4.69) is 27.3 Å². The number of nitrogens with one attached hydrogen (secondary N) is 3. The molecule has 24 heavy (non-hydrogen) atoms. The molecule has 0 aliphatic heterocycles. The molecule has 0 amide bonds. The van der Waals surface area contributed by atoms with Gasteiger partial charge >= 0.3 is 0 Å². The van der Waals surface area contributed by atoms with Gasteiger partial charge in [0, 0.05) is 11.2 Å². The van der Waals surface area contributed by atoms with Gasteiger partial charge in [0.25, 0.3) is 5.56 Å². The number of para-hydroxylation sites is 1. The van der Waals surface area contributed by atoms with Crippen LogP contribution in [0.2, 0.25) is 0 Å². The van der Waals surface area contributed by atoms with E-state index in [-0.39, 0.29) is 5.56 Å². The lowest BCUT2D eigenvalue weighted by atomic mass is 10.1. The monoisotopic (exact) mass is 315 g/mol. The Morgan fingerprint density at radius 1 is 0.917 bits per heavy atom. The Morgan fingerprint density at radius 3 is 2.54 bits per heavy atom. The fourth-order valence-corrected chi connectivity index (χ4v) is 2.85. The first kappa shape index (κ1) is 14.3. The van der Waals surface area contributed by atoms with Crippen LogP contribution >= 0.6 is 0 Å². The second kappa shape index (κ2) is 6.08. The molecule has 2 aromatic heterocycles. The molecule has 0 bridgehead atoms. The van der Waals surface area contributed by atoms with Gasteiger partial charge in [-0.3, -0.25) is 15.0 Å². The van der Waals surface area contributed by atoms with Crippen LogP contribution in [0.4, 0.5) is 0 Å². The van der Waals surface area contributed by atoms with Gasteiger partial charge in [0.1, 0.15) is 0 Å². The van der Waals surface area contributed by atoms with E-state index in [4.69, 9.17) is 0 Å². The summed E-state index contributed by atoms with van der Waals surface area (Å²) in [6.45, 7) is 0. The van der Waals surface area contributed by atoms with Crippen LogP contribution in [0.5, 0.6) is 0 Å². The van der Waals surface area contributed by atoms with Gasteiger partial charge in [0.15, 0.2) is 0 Å². The van der Waals surface area contributed by atoms with Gasteiger partial charge in [-0.2, -0.15) is 0 Å². The maximum atomic E-state index is 12.1. The first-order chi connectivity index (χ1) is 11.8. The highest BCUT2D eigenvalue weighted by atomic mass is 16.1. The molecule has 4 nitrogen and oxygen atoms in total. The molecule has 4 aromatic rings. The van der Waals surface area contributed by atoms with Crippen molar-refractivity contribution in [2.45, 2.75) is 6.42 Å². The number of aromatic amines is 3. The van der Waals surface area contributed by atoms with Crippen molar-refractivity contribution >= 4 is 23.1 Å². The first-order valence-corrected chi connectivity index (χ1v) is 7.90. The summed E-state index contributed by atoms with van der Waals surface area (Å²) >= 11 is 0. The minimum Gasteiger partial charge on any atom is -0.355 e. The molecule has 3 N–H and O–H groups in total. The number of rotatable bonds is 3. The quantitative estimate of drug-likeness (QED) is 0.532. The summed E-state index contributed by atoms with van der Waals surface area (Å²) in [6.07, 6.45) is 4.68. The third-order valence-corrected chi connectivity index (χ3v) is 4.08. The van der Waals surface area contributed by atoms with E-state index in [0.717, 1.165) is 28.4 Å². The van der Waals surface area contributed by atoms with E-state index in [0.29, 0.717) is 5.22 Å². The second-order valence-corrected chi connectivity index (χ2v) is 5.76. The van der Waals surface area contributed by atoms with Crippen LogP contribution in [0.1, 0.15) is 11.3 Å². The molecule has 0 radical (unpaired) electrons. The van der Waals surface area contributed by atoms with Gasteiger partial charge in [-0.1, -0.05) is 54.6 Å². The minimum atomic E-state index is -0.118. The van der Waals surface area contributed by atoms with Gasteiger partial charge in [-0.15, -0.1) is 0 Å². The van der Waals surface area contributed by atoms with Crippen molar-refractivity contribution in [1.82, 2.24) is 15.2 Å². The average Bonchev–Trinajstić information content (AvgIpc) is 3.18. The molecule has 0 spiro atoms. The van der Waals surface area contributed by atoms with E-state index >= 15 is 0 Å². The molecular formula is C20H17N3O. The summed E-state index contributed by atoms with van der Waals surface area (Å²) in [7, 11) is 0. The van der Waals surface area contributed by atoms with Crippen LogP contribution in [0, 0.1) is 0 Å². The average molecular weight is 315 g/mol. The highest BCUT2D eigenvalue weighted by Crippen LogP contribution is 2.14. The minimum absolute atomic E-state index is 0.118. The van der Waals surface area contributed by atoms with Crippen molar-refractivity contribution in [3.8, 4) is 0 Å². The zero-order chi connectivity index (χ0) is 16.4. The summed E-state index contributed by atoms with van der Waals surface area (Å²) in [5, 5.41) is 8.21. The molecule has 0 saturated heterocycles. The lowest BCUT2D eigenvalue weighted by Gasteiger charge is -1.93. The zero-order valence-corrected chi connectivity index (χ0v) is 13.0. The van der Waals surface area contributed by atoms with Crippen molar-refractivity contribution in [3.05, 3.63) is 92.8 Å². The van der Waals surface area contributed by atoms with Crippen LogP contribution in [-0.4, -0.2) is 15.2 Å². The Morgan fingerprint density at radius 2 is 1.71 bits per heavy atom. The summed E-state index contributed by atoms with van der Waals surface area (Å²) in [6, 6.07) is 20.3. The standard InChI is InChI=1S/C20H17N3O/c24-20-17(13-16-12-15-8-4-5-9-18(15)21-16)19(22-23-20)11-10-14-6-2-1-3-7-14/h1-9,11-13,21-22H,10H2,(H,23,24). The molecule has 4 heteroatoms. The molecule has 0 atom stereocenters. The summed E-state index contributed by atoms with van der Waals surface area (Å²) < 4.78 is 0. The van der Waals surface area contributed by atoms with E-state index < -0.39 is 0 Å². The SMILES string of the molecule is O=c1[nH][nH]c(=CCc2ccccc2)c1=Cc1cc2ccccc2[nH]1. The number of hydrogen-bond donors (Lipinski definition) is 3. The first-order valence-electron chi connectivity index (χ1n) is 7.90. The molecule has 118 valence electrons. The summed E-state index contributed by atoms with van der Waals surface area (Å²) in [4.78, 5) is 15.4. The van der Waals surface area contributed by atoms with E-state index in [1.165, 1.54) is 5.56 Å². The largest absolute Gasteiger partial charge is 0.355 e. The Hall–Kier alpha value is -3.27. The Labute approximate surface area is 138 Å².